The molecule has 18 heavy (non-hydrogen) atoms. The van der Waals surface area contributed by atoms with E-state index in [1.54, 1.807) is 6.07 Å². The monoisotopic (exact) mass is 257 g/mol. The van der Waals surface area contributed by atoms with Crippen LogP contribution in [0.25, 0.3) is 0 Å². The first-order valence-electron chi connectivity index (χ1n) is 5.86. The molecule has 0 aliphatic carbocycles. The van der Waals surface area contributed by atoms with E-state index in [4.69, 9.17) is 10.8 Å². The zero-order chi connectivity index (χ0) is 14.6. The summed E-state index contributed by atoms with van der Waals surface area (Å²) in [4.78, 5) is 21.9. The lowest BCUT2D eigenvalue weighted by molar-refractivity contribution is 0.0504. The average molecular weight is 257 g/mol. The number of rotatable bonds is 3. The standard InChI is InChI=1S/C9H9NO4.2C2H6.H2/c10-5-14-9(13)7-4-2-1-3-6(7)8(11)12;2*1-2;/h1-4H,5,10H2,(H,11,12);2*1-2H3;1H. The summed E-state index contributed by atoms with van der Waals surface area (Å²) in [6.07, 6.45) is 0. The van der Waals surface area contributed by atoms with E-state index in [9.17, 15) is 9.59 Å². The lowest BCUT2D eigenvalue weighted by Crippen LogP contribution is -2.15. The molecule has 0 spiro atoms. The molecule has 0 aliphatic heterocycles. The molecule has 104 valence electrons. The summed E-state index contributed by atoms with van der Waals surface area (Å²) in [5, 5.41) is 8.74. The van der Waals surface area contributed by atoms with E-state index in [1.165, 1.54) is 18.2 Å². The molecule has 5 heteroatoms. The highest BCUT2D eigenvalue weighted by molar-refractivity contribution is 6.02. The summed E-state index contributed by atoms with van der Waals surface area (Å²) in [6, 6.07) is 5.79. The van der Waals surface area contributed by atoms with Crippen LogP contribution in [0.5, 0.6) is 0 Å². The molecule has 1 aromatic carbocycles. The third kappa shape index (κ3) is 6.00. The fraction of sp³-hybridized carbons (Fsp3) is 0.385. The van der Waals surface area contributed by atoms with Crippen LogP contribution in [-0.4, -0.2) is 23.8 Å². The van der Waals surface area contributed by atoms with Crippen LogP contribution in [0.15, 0.2) is 24.3 Å². The highest BCUT2D eigenvalue weighted by atomic mass is 16.5. The van der Waals surface area contributed by atoms with Crippen molar-refractivity contribution >= 4 is 11.9 Å². The lowest BCUT2D eigenvalue weighted by Gasteiger charge is -2.04. The minimum absolute atomic E-state index is 0. The number of hydrogen-bond donors (Lipinski definition) is 2. The van der Waals surface area contributed by atoms with Crippen LogP contribution in [-0.2, 0) is 4.74 Å². The number of carboxylic acids is 1. The van der Waals surface area contributed by atoms with Crippen molar-refractivity contribution in [3.8, 4) is 0 Å². The van der Waals surface area contributed by atoms with Gasteiger partial charge in [0.1, 0.15) is 6.73 Å². The minimum atomic E-state index is -1.17. The van der Waals surface area contributed by atoms with Gasteiger partial charge < -0.3 is 9.84 Å². The first-order valence-corrected chi connectivity index (χ1v) is 5.86. The van der Waals surface area contributed by atoms with Crippen LogP contribution in [0, 0.1) is 0 Å². The molecule has 0 aliphatic rings. The second kappa shape index (κ2) is 11.6. The third-order valence-corrected chi connectivity index (χ3v) is 1.59. The molecule has 1 rings (SSSR count). The number of esters is 1. The van der Waals surface area contributed by atoms with Gasteiger partial charge in [-0.3, -0.25) is 5.73 Å². The van der Waals surface area contributed by atoms with Crippen LogP contribution in [0.4, 0.5) is 0 Å². The predicted molar refractivity (Wildman–Crippen MR) is 72.7 cm³/mol. The van der Waals surface area contributed by atoms with Crippen LogP contribution in [0.1, 0.15) is 49.8 Å². The lowest BCUT2D eigenvalue weighted by atomic mass is 10.1. The van der Waals surface area contributed by atoms with E-state index in [0.29, 0.717) is 0 Å². The van der Waals surface area contributed by atoms with Gasteiger partial charge in [0.15, 0.2) is 0 Å². The quantitative estimate of drug-likeness (QED) is 0.642. The van der Waals surface area contributed by atoms with Gasteiger partial charge in [0.05, 0.1) is 11.1 Å². The number of carbonyl (C=O) groups is 2. The summed E-state index contributed by atoms with van der Waals surface area (Å²) < 4.78 is 4.49. The topological polar surface area (TPSA) is 89.6 Å². The Kier molecular flexibility index (Phi) is 11.9. The van der Waals surface area contributed by atoms with E-state index >= 15 is 0 Å². The number of ether oxygens (including phenoxy) is 1. The Hall–Kier alpha value is -1.88. The largest absolute Gasteiger partial charge is 0.478 e. The number of nitrogens with two attached hydrogens (primary N) is 1. The van der Waals surface area contributed by atoms with Crippen molar-refractivity contribution < 1.29 is 20.9 Å². The fourth-order valence-electron chi connectivity index (χ4n) is 1.00. The summed E-state index contributed by atoms with van der Waals surface area (Å²) in [7, 11) is 0. The zero-order valence-corrected chi connectivity index (χ0v) is 11.3. The van der Waals surface area contributed by atoms with Crippen molar-refractivity contribution in [2.24, 2.45) is 5.73 Å². The van der Waals surface area contributed by atoms with Crippen molar-refractivity contribution in [3.63, 3.8) is 0 Å². The second-order valence-electron chi connectivity index (χ2n) is 2.45. The Morgan fingerprint density at radius 2 is 1.61 bits per heavy atom. The Morgan fingerprint density at radius 3 is 2.00 bits per heavy atom. The highest BCUT2D eigenvalue weighted by Gasteiger charge is 2.15. The van der Waals surface area contributed by atoms with Gasteiger partial charge in [0.2, 0.25) is 0 Å². The zero-order valence-electron chi connectivity index (χ0n) is 11.3. The molecule has 0 radical (unpaired) electrons. The minimum Gasteiger partial charge on any atom is -0.478 e. The predicted octanol–water partition coefficient (Wildman–Crippen LogP) is 2.76. The molecule has 0 saturated heterocycles. The molecule has 0 heterocycles. The van der Waals surface area contributed by atoms with E-state index in [2.05, 4.69) is 4.74 Å². The molecular weight excluding hydrogens is 234 g/mol. The van der Waals surface area contributed by atoms with Gasteiger partial charge in [0.25, 0.3) is 0 Å². The summed E-state index contributed by atoms with van der Waals surface area (Å²) in [5.74, 6) is -1.90. The van der Waals surface area contributed by atoms with Crippen LogP contribution < -0.4 is 5.73 Å². The SMILES string of the molecule is CC.CC.NCOC(=O)c1ccccc1C(=O)O.[HH]. The first-order chi connectivity index (χ1) is 8.66. The van der Waals surface area contributed by atoms with Crippen molar-refractivity contribution in [2.45, 2.75) is 27.7 Å². The summed E-state index contributed by atoms with van der Waals surface area (Å²) in [5.41, 5.74) is 4.92. The molecule has 0 amide bonds. The first kappa shape index (κ1) is 18.5. The van der Waals surface area contributed by atoms with Crippen molar-refractivity contribution in [1.82, 2.24) is 0 Å². The molecule has 0 saturated carbocycles. The summed E-state index contributed by atoms with van der Waals surface area (Å²) >= 11 is 0. The third-order valence-electron chi connectivity index (χ3n) is 1.59. The molecule has 5 nitrogen and oxygen atoms in total. The molecule has 0 unspecified atom stereocenters. The maximum Gasteiger partial charge on any atom is 0.340 e. The molecule has 0 aromatic heterocycles. The highest BCUT2D eigenvalue weighted by Crippen LogP contribution is 2.09. The van der Waals surface area contributed by atoms with E-state index in [0.717, 1.165) is 0 Å². The molecular formula is C13H23NO4. The van der Waals surface area contributed by atoms with Gasteiger partial charge in [-0.25, -0.2) is 9.59 Å². The second-order valence-corrected chi connectivity index (χ2v) is 2.45. The summed E-state index contributed by atoms with van der Waals surface area (Å²) in [6.45, 7) is 7.73. The maximum absolute atomic E-state index is 11.2. The number of aromatic carboxylic acids is 1. The van der Waals surface area contributed by atoms with E-state index in [-0.39, 0.29) is 19.3 Å². The van der Waals surface area contributed by atoms with E-state index in [1.807, 2.05) is 27.7 Å². The number of carbonyl (C=O) groups excluding carboxylic acids is 1. The van der Waals surface area contributed by atoms with Crippen LogP contribution in [0.3, 0.4) is 0 Å². The van der Waals surface area contributed by atoms with Gasteiger partial charge in [-0.15, -0.1) is 0 Å². The maximum atomic E-state index is 11.2. The van der Waals surface area contributed by atoms with Crippen molar-refractivity contribution in [1.29, 1.82) is 0 Å². The Balaban J connectivity index is -0.000000467. The molecule has 0 atom stereocenters. The van der Waals surface area contributed by atoms with Crippen LogP contribution in [0.2, 0.25) is 0 Å². The van der Waals surface area contributed by atoms with Gasteiger partial charge in [0, 0.05) is 1.43 Å². The van der Waals surface area contributed by atoms with Crippen LogP contribution >= 0.6 is 0 Å². The normalized spacial score (nSPS) is 8.06. The molecule has 0 fully saturated rings. The van der Waals surface area contributed by atoms with Gasteiger partial charge >= 0.3 is 11.9 Å². The Bertz CT molecular complexity index is 369. The van der Waals surface area contributed by atoms with Crippen molar-refractivity contribution in [3.05, 3.63) is 35.4 Å². The van der Waals surface area contributed by atoms with Gasteiger partial charge in [-0.2, -0.15) is 0 Å². The Labute approximate surface area is 109 Å². The number of benzene rings is 1. The molecule has 0 bridgehead atoms. The smallest absolute Gasteiger partial charge is 0.340 e. The molecule has 3 N–H and O–H groups in total. The van der Waals surface area contributed by atoms with Crippen molar-refractivity contribution in [2.75, 3.05) is 6.73 Å². The average Bonchev–Trinajstić information content (AvgIpc) is 2.43. The number of hydrogen-bond acceptors (Lipinski definition) is 4. The molecule has 1 aromatic rings. The number of carboxylic acid groups (broad SMARTS) is 1. The Morgan fingerprint density at radius 1 is 1.17 bits per heavy atom. The van der Waals surface area contributed by atoms with Gasteiger partial charge in [-0.1, -0.05) is 39.8 Å². The van der Waals surface area contributed by atoms with E-state index < -0.39 is 11.9 Å². The van der Waals surface area contributed by atoms with Gasteiger partial charge in [-0.05, 0) is 12.1 Å². The fourth-order valence-corrected chi connectivity index (χ4v) is 1.00.